The number of fused-ring (bicyclic) bond motifs is 2. The first-order valence-electron chi connectivity index (χ1n) is 18.3. The zero-order valence-electron chi connectivity index (χ0n) is 31.0. The lowest BCUT2D eigenvalue weighted by Crippen LogP contribution is -1.98. The molecule has 280 valence electrons. The molecule has 9 rings (SSSR count). The van der Waals surface area contributed by atoms with Crippen LogP contribution in [0.5, 0.6) is 11.5 Å². The zero-order chi connectivity index (χ0) is 39.8. The van der Waals surface area contributed by atoms with Gasteiger partial charge in [-0.05, 0) is 114 Å². The second kappa shape index (κ2) is 16.8. The molecule has 12 heteroatoms. The van der Waals surface area contributed by atoms with E-state index in [1.54, 1.807) is 43.4 Å². The van der Waals surface area contributed by atoms with Gasteiger partial charge in [0.1, 0.15) is 34.9 Å². The Hall–Kier alpha value is -8.38. The molecule has 0 radical (unpaired) electrons. The van der Waals surface area contributed by atoms with Crippen LogP contribution in [0, 0.1) is 17.9 Å². The van der Waals surface area contributed by atoms with Gasteiger partial charge in [-0.25, -0.2) is 9.97 Å². The molecule has 0 fully saturated rings. The van der Waals surface area contributed by atoms with Crippen molar-refractivity contribution in [3.05, 3.63) is 192 Å². The Labute approximate surface area is 343 Å². The van der Waals surface area contributed by atoms with Crippen molar-refractivity contribution < 1.29 is 4.74 Å². The lowest BCUT2D eigenvalue weighted by atomic mass is 10.0. The molecule has 59 heavy (non-hydrogen) atoms. The van der Waals surface area contributed by atoms with Gasteiger partial charge in [-0.2, -0.15) is 0 Å². The average molecular weight is 786 g/mol. The van der Waals surface area contributed by atoms with E-state index in [1.807, 2.05) is 115 Å². The van der Waals surface area contributed by atoms with Crippen LogP contribution in [0.3, 0.4) is 0 Å². The van der Waals surface area contributed by atoms with E-state index < -0.39 is 0 Å². The van der Waals surface area contributed by atoms with Crippen LogP contribution in [0.4, 0.5) is 28.6 Å². The molecule has 0 saturated heterocycles. The minimum absolute atomic E-state index is 0.623. The van der Waals surface area contributed by atoms with Gasteiger partial charge in [0.25, 0.3) is 0 Å². The number of rotatable bonds is 8. The maximum absolute atomic E-state index is 6.23. The van der Waals surface area contributed by atoms with Crippen molar-refractivity contribution in [2.24, 2.45) is 0 Å². The third-order valence-corrected chi connectivity index (χ3v) is 9.28. The van der Waals surface area contributed by atoms with E-state index in [-0.39, 0.29) is 0 Å². The van der Waals surface area contributed by atoms with E-state index in [4.69, 9.17) is 21.3 Å². The third kappa shape index (κ3) is 8.72. The average Bonchev–Trinajstić information content (AvgIpc) is 3.28. The lowest BCUT2D eigenvalue weighted by molar-refractivity contribution is 0.482. The summed E-state index contributed by atoms with van der Waals surface area (Å²) < 4.78 is 5.99. The van der Waals surface area contributed by atoms with Crippen LogP contribution in [-0.4, -0.2) is 29.9 Å². The Kier molecular flexibility index (Phi) is 10.3. The highest BCUT2D eigenvalue weighted by Gasteiger charge is 2.15. The minimum atomic E-state index is 0.623. The Balaban J connectivity index is 1.01. The topological polar surface area (TPSA) is 127 Å². The molecule has 0 saturated carbocycles. The fraction of sp³-hybridized carbons (Fsp3) is 0. The summed E-state index contributed by atoms with van der Waals surface area (Å²) in [6.07, 6.45) is 13.6. The minimum Gasteiger partial charge on any atom is -0.457 e. The highest BCUT2D eigenvalue weighted by molar-refractivity contribution is 6.30. The molecule has 0 aliphatic heterocycles. The Morgan fingerprint density at radius 2 is 1.41 bits per heavy atom. The number of halogens is 1. The maximum atomic E-state index is 6.23. The van der Waals surface area contributed by atoms with Gasteiger partial charge in [0, 0.05) is 74.8 Å². The molecule has 0 bridgehead atoms. The van der Waals surface area contributed by atoms with Crippen LogP contribution < -0.4 is 20.8 Å². The van der Waals surface area contributed by atoms with Gasteiger partial charge in [0.05, 0.1) is 34.1 Å². The van der Waals surface area contributed by atoms with E-state index in [1.165, 1.54) is 6.33 Å². The number of nitrogens with zero attached hydrogens (tertiary/aromatic N) is 7. The largest absolute Gasteiger partial charge is 0.457 e. The van der Waals surface area contributed by atoms with Crippen molar-refractivity contribution in [3.63, 3.8) is 0 Å². The van der Waals surface area contributed by atoms with Gasteiger partial charge in [0.15, 0.2) is 0 Å². The highest BCUT2D eigenvalue weighted by Crippen LogP contribution is 2.33. The van der Waals surface area contributed by atoms with Gasteiger partial charge in [-0.3, -0.25) is 19.9 Å². The zero-order valence-corrected chi connectivity index (χ0v) is 31.8. The van der Waals surface area contributed by atoms with Crippen molar-refractivity contribution >= 4 is 62.0 Å². The molecule has 3 N–H and O–H groups in total. The fourth-order valence-corrected chi connectivity index (χ4v) is 6.40. The molecule has 0 unspecified atom stereocenters. The summed E-state index contributed by atoms with van der Waals surface area (Å²) in [5.74, 6) is 8.50. The second-order valence-electron chi connectivity index (χ2n) is 13.1. The van der Waals surface area contributed by atoms with Crippen LogP contribution in [0.25, 0.3) is 37.9 Å². The summed E-state index contributed by atoms with van der Waals surface area (Å²) in [5, 5.41) is 9.26. The predicted molar refractivity (Wildman–Crippen MR) is 233 cm³/mol. The summed E-state index contributed by atoms with van der Waals surface area (Å²) >= 11 is 6.23. The number of anilines is 5. The molecule has 0 aliphatic carbocycles. The second-order valence-corrected chi connectivity index (χ2v) is 13.5. The monoisotopic (exact) mass is 785 g/mol. The molecular weight excluding hydrogens is 756 g/mol. The predicted octanol–water partition coefficient (Wildman–Crippen LogP) is 11.1. The first kappa shape index (κ1) is 36.3. The number of hydrogen-bond acceptors (Lipinski definition) is 10. The number of ether oxygens (including phenoxy) is 1. The summed E-state index contributed by atoms with van der Waals surface area (Å²) in [5.41, 5.74) is 11.8. The molecule has 5 heterocycles. The van der Waals surface area contributed by atoms with Gasteiger partial charge >= 0.3 is 6.07 Å². The standard InChI is InChI=1S/C47H29ClN10O/c48-36-4-1-5-38(24-36)57-47-43-23-33(9-15-45(43)53-30-54-47)34-22-39(29-51-26-34)58-55-28-35-27-52-44-14-8-31(6-7-32-3-2-18-50-25-32)21-42(44)46(35)56-37-10-12-40(13-11-37)59-41-16-19-49-20-17-41/h1-5,8-27,29-30,58H,(H,53,54,57)/p+1. The first-order chi connectivity index (χ1) is 29.1. The molecular formula is C47H30ClN10O+. The Morgan fingerprint density at radius 1 is 0.559 bits per heavy atom. The van der Waals surface area contributed by atoms with Crippen molar-refractivity contribution in [2.75, 3.05) is 16.1 Å². The Bertz CT molecular complexity index is 3090. The number of hydrogen-bond donors (Lipinski definition) is 3. The number of pyridine rings is 4. The molecule has 9 aromatic rings. The fourth-order valence-electron chi connectivity index (χ4n) is 6.21. The summed E-state index contributed by atoms with van der Waals surface area (Å²) in [6.45, 7) is 0. The van der Waals surface area contributed by atoms with Crippen LogP contribution in [0.2, 0.25) is 5.02 Å². The van der Waals surface area contributed by atoms with Crippen LogP contribution in [0.1, 0.15) is 16.7 Å². The van der Waals surface area contributed by atoms with Gasteiger partial charge in [0.2, 0.25) is 0 Å². The van der Waals surface area contributed by atoms with Crippen molar-refractivity contribution in [2.45, 2.75) is 0 Å². The maximum Gasteiger partial charge on any atom is 0.361 e. The van der Waals surface area contributed by atoms with E-state index in [2.05, 4.69) is 63.8 Å². The molecule has 0 aliphatic rings. The quantitative estimate of drug-likeness (QED) is 0.101. The van der Waals surface area contributed by atoms with Crippen LogP contribution in [0.15, 0.2) is 165 Å². The number of nitrogens with one attached hydrogen (secondary N) is 3. The Morgan fingerprint density at radius 3 is 2.27 bits per heavy atom. The van der Waals surface area contributed by atoms with Crippen molar-refractivity contribution in [1.82, 2.24) is 29.9 Å². The van der Waals surface area contributed by atoms with E-state index in [9.17, 15) is 0 Å². The molecule has 4 aromatic carbocycles. The van der Waals surface area contributed by atoms with Gasteiger partial charge in [-0.1, -0.05) is 35.6 Å². The van der Waals surface area contributed by atoms with E-state index in [0.717, 1.165) is 61.1 Å². The third-order valence-electron chi connectivity index (χ3n) is 9.05. The van der Waals surface area contributed by atoms with E-state index >= 15 is 0 Å². The van der Waals surface area contributed by atoms with Gasteiger partial charge < -0.3 is 15.4 Å². The van der Waals surface area contributed by atoms with E-state index in [0.29, 0.717) is 33.6 Å². The van der Waals surface area contributed by atoms with Crippen LogP contribution in [-0.2, 0) is 0 Å². The molecule has 0 atom stereocenters. The van der Waals surface area contributed by atoms with Crippen molar-refractivity contribution in [1.29, 1.82) is 0 Å². The summed E-state index contributed by atoms with van der Waals surface area (Å²) in [7, 11) is 0. The molecule has 0 spiro atoms. The lowest BCUT2D eigenvalue weighted by Gasteiger charge is -2.12. The summed E-state index contributed by atoms with van der Waals surface area (Å²) in [4.78, 5) is 31.0. The smallest absolute Gasteiger partial charge is 0.361 e. The first-order valence-corrected chi connectivity index (χ1v) is 18.7. The normalized spacial score (nSPS) is 10.5. The highest BCUT2D eigenvalue weighted by atomic mass is 35.5. The number of benzene rings is 4. The molecule has 5 aromatic heterocycles. The molecule has 11 nitrogen and oxygen atoms in total. The summed E-state index contributed by atoms with van der Waals surface area (Å²) in [6, 6.07) is 39.6. The number of aromatic nitrogens is 6. The van der Waals surface area contributed by atoms with Crippen molar-refractivity contribution in [3.8, 4) is 40.5 Å². The van der Waals surface area contributed by atoms with Gasteiger partial charge in [-0.15, -0.1) is 0 Å². The molecule has 0 amide bonds. The van der Waals surface area contributed by atoms with Crippen LogP contribution >= 0.6 is 11.6 Å². The SMILES string of the molecule is Clc1cccc(Nc2ncnc3ccc(-c4cncc(N[N+]#Cc5cnc6ccc(C#Cc7cccnc7)cc6c5Nc5ccc(Oc6ccncc6)cc5)c4)cc23)c1.